The molecule has 6 nitrogen and oxygen atoms in total. The third kappa shape index (κ3) is 2.71. The van der Waals surface area contributed by atoms with E-state index in [0.717, 1.165) is 4.90 Å². The largest absolute Gasteiger partial charge is 0.496 e. The molecule has 0 radical (unpaired) electrons. The Balaban J connectivity index is 2.35. The second-order valence-electron chi connectivity index (χ2n) is 4.55. The Morgan fingerprint density at radius 1 is 1.45 bits per heavy atom. The van der Waals surface area contributed by atoms with Gasteiger partial charge in [0.1, 0.15) is 11.8 Å². The molecule has 20 heavy (non-hydrogen) atoms. The maximum atomic E-state index is 12.5. The van der Waals surface area contributed by atoms with Crippen LogP contribution >= 0.6 is 11.6 Å². The highest BCUT2D eigenvalue weighted by atomic mass is 35.5. The molecule has 1 aromatic carbocycles. The lowest BCUT2D eigenvalue weighted by molar-refractivity contribution is -0.141. The molecule has 1 fully saturated rings. The van der Waals surface area contributed by atoms with Crippen LogP contribution in [-0.2, 0) is 4.79 Å². The quantitative estimate of drug-likeness (QED) is 0.870. The first-order chi connectivity index (χ1) is 9.43. The van der Waals surface area contributed by atoms with Gasteiger partial charge in [-0.2, -0.15) is 0 Å². The van der Waals surface area contributed by atoms with Crippen molar-refractivity contribution in [1.82, 2.24) is 4.90 Å². The number of aliphatic hydroxyl groups excluding tert-OH is 1. The van der Waals surface area contributed by atoms with Gasteiger partial charge in [0.2, 0.25) is 0 Å². The number of aliphatic carboxylic acids is 1. The van der Waals surface area contributed by atoms with Crippen LogP contribution in [0, 0.1) is 0 Å². The molecule has 1 aromatic rings. The van der Waals surface area contributed by atoms with Crippen molar-refractivity contribution in [2.75, 3.05) is 13.7 Å². The average Bonchev–Trinajstić information content (AvgIpc) is 2.80. The first kappa shape index (κ1) is 14.6. The average molecular weight is 300 g/mol. The van der Waals surface area contributed by atoms with Gasteiger partial charge in [0.05, 0.1) is 18.8 Å². The van der Waals surface area contributed by atoms with Crippen molar-refractivity contribution in [3.05, 3.63) is 28.8 Å². The van der Waals surface area contributed by atoms with Crippen molar-refractivity contribution >= 4 is 23.5 Å². The molecule has 1 unspecified atom stereocenters. The van der Waals surface area contributed by atoms with E-state index < -0.39 is 24.0 Å². The van der Waals surface area contributed by atoms with Crippen molar-refractivity contribution in [3.8, 4) is 5.75 Å². The number of carboxylic acid groups (broad SMARTS) is 1. The number of benzene rings is 1. The zero-order chi connectivity index (χ0) is 14.9. The summed E-state index contributed by atoms with van der Waals surface area (Å²) in [6.07, 6.45) is -0.825. The van der Waals surface area contributed by atoms with Gasteiger partial charge >= 0.3 is 5.97 Å². The number of likely N-dealkylation sites (tertiary alicyclic amines) is 1. The number of β-amino-alcohol motifs (C(OH)–C–C–N with tert-alkyl or cyclic N) is 1. The number of amides is 1. The molecule has 2 rings (SSSR count). The first-order valence-corrected chi connectivity index (χ1v) is 6.37. The SMILES string of the molecule is COc1ccc(Cl)cc1C(=O)N1CC(O)C[C@H]1C(=O)O. The Hall–Kier alpha value is -1.79. The minimum Gasteiger partial charge on any atom is -0.496 e. The number of hydrogen-bond acceptors (Lipinski definition) is 4. The molecule has 108 valence electrons. The molecule has 1 heterocycles. The highest BCUT2D eigenvalue weighted by Crippen LogP contribution is 2.27. The van der Waals surface area contributed by atoms with E-state index in [4.69, 9.17) is 21.4 Å². The molecule has 1 saturated heterocycles. The standard InChI is InChI=1S/C13H14ClNO5/c1-20-11-3-2-7(14)4-9(11)12(17)15-6-8(16)5-10(15)13(18)19/h2-4,8,10,16H,5-6H2,1H3,(H,18,19)/t8?,10-/m0/s1. The molecule has 0 saturated carbocycles. The summed E-state index contributed by atoms with van der Waals surface area (Å²) in [6.45, 7) is -0.0224. The van der Waals surface area contributed by atoms with Crippen molar-refractivity contribution in [3.63, 3.8) is 0 Å². The number of aliphatic hydroxyl groups is 1. The fraction of sp³-hybridized carbons (Fsp3) is 0.385. The number of carboxylic acids is 1. The normalized spacial score (nSPS) is 21.9. The summed E-state index contributed by atoms with van der Waals surface area (Å²) in [5.41, 5.74) is 0.181. The third-order valence-corrected chi connectivity index (χ3v) is 3.45. The number of carbonyl (C=O) groups excluding carboxylic acids is 1. The molecule has 0 aromatic heterocycles. The van der Waals surface area contributed by atoms with E-state index >= 15 is 0 Å². The lowest BCUT2D eigenvalue weighted by atomic mass is 10.1. The molecule has 0 bridgehead atoms. The number of hydrogen-bond donors (Lipinski definition) is 2. The van der Waals surface area contributed by atoms with Gasteiger partial charge in [0.15, 0.2) is 0 Å². The van der Waals surface area contributed by atoms with Gasteiger partial charge in [-0.15, -0.1) is 0 Å². The second-order valence-corrected chi connectivity index (χ2v) is 4.98. The van der Waals surface area contributed by atoms with E-state index in [1.807, 2.05) is 0 Å². The Bertz CT molecular complexity index is 548. The molecule has 7 heteroatoms. The Labute approximate surface area is 120 Å². The highest BCUT2D eigenvalue weighted by molar-refractivity contribution is 6.31. The summed E-state index contributed by atoms with van der Waals surface area (Å²) >= 11 is 5.86. The zero-order valence-corrected chi connectivity index (χ0v) is 11.5. The van der Waals surface area contributed by atoms with Gasteiger partial charge in [-0.3, -0.25) is 4.79 Å². The van der Waals surface area contributed by atoms with Gasteiger partial charge in [-0.05, 0) is 18.2 Å². The first-order valence-electron chi connectivity index (χ1n) is 5.99. The monoisotopic (exact) mass is 299 g/mol. The minimum atomic E-state index is -1.14. The van der Waals surface area contributed by atoms with Gasteiger partial charge in [0, 0.05) is 18.0 Å². The summed E-state index contributed by atoms with van der Waals surface area (Å²) in [7, 11) is 1.41. The highest BCUT2D eigenvalue weighted by Gasteiger charge is 2.39. The maximum Gasteiger partial charge on any atom is 0.326 e. The van der Waals surface area contributed by atoms with Gasteiger partial charge < -0.3 is 19.8 Å². The molecule has 1 aliphatic heterocycles. The summed E-state index contributed by atoms with van der Waals surface area (Å²) in [5.74, 6) is -1.35. The molecule has 0 aliphatic carbocycles. The summed E-state index contributed by atoms with van der Waals surface area (Å²) in [5, 5.41) is 19.0. The van der Waals surface area contributed by atoms with E-state index in [2.05, 4.69) is 0 Å². The summed E-state index contributed by atoms with van der Waals surface area (Å²) < 4.78 is 5.09. The summed E-state index contributed by atoms with van der Waals surface area (Å²) in [4.78, 5) is 24.7. The van der Waals surface area contributed by atoms with Crippen molar-refractivity contribution in [2.45, 2.75) is 18.6 Å². The third-order valence-electron chi connectivity index (χ3n) is 3.22. The van der Waals surface area contributed by atoms with E-state index in [0.29, 0.717) is 10.8 Å². The van der Waals surface area contributed by atoms with Crippen LogP contribution in [0.3, 0.4) is 0 Å². The van der Waals surface area contributed by atoms with Crippen LogP contribution in [0.25, 0.3) is 0 Å². The Morgan fingerprint density at radius 3 is 2.75 bits per heavy atom. The van der Waals surface area contributed by atoms with Crippen LogP contribution in [0.1, 0.15) is 16.8 Å². The molecule has 2 atom stereocenters. The number of ether oxygens (including phenoxy) is 1. The lowest BCUT2D eigenvalue weighted by Gasteiger charge is -2.22. The van der Waals surface area contributed by atoms with Crippen LogP contribution < -0.4 is 4.74 Å². The molecule has 0 spiro atoms. The van der Waals surface area contributed by atoms with Crippen molar-refractivity contribution in [2.24, 2.45) is 0 Å². The smallest absolute Gasteiger partial charge is 0.326 e. The topological polar surface area (TPSA) is 87.1 Å². The van der Waals surface area contributed by atoms with E-state index in [-0.39, 0.29) is 18.5 Å². The summed E-state index contributed by atoms with van der Waals surface area (Å²) in [6, 6.07) is 3.50. The minimum absolute atomic E-state index is 0.0178. The predicted octanol–water partition coefficient (Wildman–Crippen LogP) is 1.01. The lowest BCUT2D eigenvalue weighted by Crippen LogP contribution is -2.40. The Kier molecular flexibility index (Phi) is 4.15. The van der Waals surface area contributed by atoms with Crippen LogP contribution in [-0.4, -0.2) is 52.8 Å². The molecular formula is C13H14ClNO5. The van der Waals surface area contributed by atoms with Crippen LogP contribution in [0.2, 0.25) is 5.02 Å². The van der Waals surface area contributed by atoms with E-state index in [9.17, 15) is 14.7 Å². The molecule has 1 amide bonds. The number of nitrogens with zero attached hydrogens (tertiary/aromatic N) is 1. The zero-order valence-electron chi connectivity index (χ0n) is 10.7. The van der Waals surface area contributed by atoms with Crippen LogP contribution in [0.5, 0.6) is 5.75 Å². The fourth-order valence-corrected chi connectivity index (χ4v) is 2.45. The van der Waals surface area contributed by atoms with E-state index in [1.165, 1.54) is 19.2 Å². The number of halogens is 1. The van der Waals surface area contributed by atoms with Gasteiger partial charge in [-0.25, -0.2) is 4.79 Å². The molecule has 2 N–H and O–H groups in total. The van der Waals surface area contributed by atoms with E-state index in [1.54, 1.807) is 6.07 Å². The molecular weight excluding hydrogens is 286 g/mol. The number of rotatable bonds is 3. The van der Waals surface area contributed by atoms with Gasteiger partial charge in [-0.1, -0.05) is 11.6 Å². The van der Waals surface area contributed by atoms with Crippen molar-refractivity contribution < 1.29 is 24.5 Å². The van der Waals surface area contributed by atoms with Crippen LogP contribution in [0.4, 0.5) is 0 Å². The number of methoxy groups -OCH3 is 1. The fourth-order valence-electron chi connectivity index (χ4n) is 2.27. The Morgan fingerprint density at radius 2 is 2.15 bits per heavy atom. The second kappa shape index (κ2) is 5.68. The number of carbonyl (C=O) groups is 2. The van der Waals surface area contributed by atoms with Gasteiger partial charge in [0.25, 0.3) is 5.91 Å². The predicted molar refractivity (Wildman–Crippen MR) is 71.1 cm³/mol. The maximum absolute atomic E-state index is 12.5. The van der Waals surface area contributed by atoms with Crippen LogP contribution in [0.15, 0.2) is 18.2 Å². The van der Waals surface area contributed by atoms with Crippen molar-refractivity contribution in [1.29, 1.82) is 0 Å². The molecule has 1 aliphatic rings.